The monoisotopic (exact) mass is 450 g/mol. The van der Waals surface area contributed by atoms with Crippen LogP contribution >= 0.6 is 0 Å². The number of hydrogen-bond donors (Lipinski definition) is 2. The van der Waals surface area contributed by atoms with Gasteiger partial charge in [-0.2, -0.15) is 14.4 Å². The van der Waals surface area contributed by atoms with Crippen LogP contribution in [-0.4, -0.2) is 52.4 Å². The first-order valence-corrected chi connectivity index (χ1v) is 10.6. The molecule has 1 aliphatic heterocycles. The highest BCUT2D eigenvalue weighted by Crippen LogP contribution is 2.36. The van der Waals surface area contributed by atoms with Crippen LogP contribution in [0.2, 0.25) is 0 Å². The number of fused-ring (bicyclic) bond motifs is 1. The van der Waals surface area contributed by atoms with Gasteiger partial charge in [0.1, 0.15) is 17.1 Å². The van der Waals surface area contributed by atoms with Crippen LogP contribution in [0.3, 0.4) is 0 Å². The molecule has 0 unspecified atom stereocenters. The van der Waals surface area contributed by atoms with Gasteiger partial charge in [0, 0.05) is 54.9 Å². The summed E-state index contributed by atoms with van der Waals surface area (Å²) in [5.74, 6) is 1.09. The molecule has 4 aromatic rings. The van der Waals surface area contributed by atoms with Crippen molar-refractivity contribution in [2.75, 3.05) is 32.8 Å². The van der Waals surface area contributed by atoms with E-state index in [1.165, 1.54) is 19.4 Å². The molecule has 2 N–H and O–H groups in total. The van der Waals surface area contributed by atoms with Gasteiger partial charge in [-0.1, -0.05) is 0 Å². The molecule has 5 rings (SSSR count). The molecule has 33 heavy (non-hydrogen) atoms. The highest BCUT2D eigenvalue weighted by atomic mass is 19.1. The van der Waals surface area contributed by atoms with E-state index in [4.69, 9.17) is 14.2 Å². The smallest absolute Gasteiger partial charge is 0.232 e. The van der Waals surface area contributed by atoms with Gasteiger partial charge in [-0.05, 0) is 24.5 Å². The maximum Gasteiger partial charge on any atom is 0.232 e. The van der Waals surface area contributed by atoms with Gasteiger partial charge < -0.3 is 24.5 Å². The number of anilines is 2. The molecule has 0 amide bonds. The fourth-order valence-corrected chi connectivity index (χ4v) is 4.05. The van der Waals surface area contributed by atoms with E-state index >= 15 is 0 Å². The zero-order chi connectivity index (χ0) is 22.8. The number of methoxy groups -OCH3 is 2. The van der Waals surface area contributed by atoms with Crippen LogP contribution in [0.5, 0.6) is 11.6 Å². The molecule has 170 valence electrons. The summed E-state index contributed by atoms with van der Waals surface area (Å²) in [4.78, 5) is 20.4. The fourth-order valence-electron chi connectivity index (χ4n) is 4.05. The number of halogens is 1. The largest absolute Gasteiger partial charge is 0.494 e. The quantitative estimate of drug-likeness (QED) is 0.421. The van der Waals surface area contributed by atoms with Crippen molar-refractivity contribution < 1.29 is 18.6 Å². The van der Waals surface area contributed by atoms with E-state index in [1.54, 1.807) is 25.6 Å². The van der Waals surface area contributed by atoms with Crippen molar-refractivity contribution in [3.8, 4) is 22.8 Å². The molecule has 0 saturated carbocycles. The van der Waals surface area contributed by atoms with Crippen LogP contribution in [0.25, 0.3) is 22.2 Å². The first-order chi connectivity index (χ1) is 16.2. The van der Waals surface area contributed by atoms with Gasteiger partial charge in [0.15, 0.2) is 0 Å². The second kappa shape index (κ2) is 8.99. The van der Waals surface area contributed by atoms with Gasteiger partial charge >= 0.3 is 0 Å². The number of H-pyrrole nitrogens is 1. The molecule has 9 nitrogen and oxygen atoms in total. The normalized spacial score (nSPS) is 14.4. The first-order valence-electron chi connectivity index (χ1n) is 10.6. The Labute approximate surface area is 189 Å². The zero-order valence-electron chi connectivity index (χ0n) is 18.3. The van der Waals surface area contributed by atoms with Gasteiger partial charge in [-0.25, -0.2) is 4.98 Å². The lowest BCUT2D eigenvalue weighted by molar-refractivity contribution is 0.0844. The lowest BCUT2D eigenvalue weighted by Gasteiger charge is -2.22. The van der Waals surface area contributed by atoms with Crippen molar-refractivity contribution in [2.45, 2.75) is 18.8 Å². The molecule has 0 aliphatic carbocycles. The lowest BCUT2D eigenvalue weighted by atomic mass is 9.96. The van der Waals surface area contributed by atoms with Crippen molar-refractivity contribution in [1.82, 2.24) is 24.9 Å². The van der Waals surface area contributed by atoms with Crippen molar-refractivity contribution in [3.05, 3.63) is 48.4 Å². The second-order valence-corrected chi connectivity index (χ2v) is 7.67. The minimum atomic E-state index is -0.566. The molecular weight excluding hydrogens is 427 g/mol. The van der Waals surface area contributed by atoms with Gasteiger partial charge in [0.05, 0.1) is 25.8 Å². The minimum absolute atomic E-state index is 0.313. The topological polar surface area (TPSA) is 107 Å². The molecule has 4 aromatic heterocycles. The standard InChI is InChI=1S/C23H23FN6O3/c1-31-18-10-16(13-4-7-33-8-5-13)26-12-17(18)28-23-29-21-20(22(30-23)32-2)15(11-27-21)14-3-6-25-19(24)9-14/h3,6,9-13H,4-5,7-8H2,1-2H3,(H2,27,28,29,30). The number of aromatic nitrogens is 5. The number of pyridine rings is 2. The third kappa shape index (κ3) is 4.17. The fraction of sp³-hybridized carbons (Fsp3) is 0.304. The van der Waals surface area contributed by atoms with Crippen molar-refractivity contribution in [2.24, 2.45) is 0 Å². The highest BCUT2D eigenvalue weighted by Gasteiger charge is 2.20. The Balaban J connectivity index is 1.48. The van der Waals surface area contributed by atoms with E-state index in [0.29, 0.717) is 45.8 Å². The van der Waals surface area contributed by atoms with Crippen molar-refractivity contribution in [1.29, 1.82) is 0 Å². The molecule has 1 aliphatic rings. The summed E-state index contributed by atoms with van der Waals surface area (Å²) < 4.78 is 30.2. The summed E-state index contributed by atoms with van der Waals surface area (Å²) in [6.07, 6.45) is 6.76. The van der Waals surface area contributed by atoms with E-state index in [9.17, 15) is 4.39 Å². The van der Waals surface area contributed by atoms with Crippen molar-refractivity contribution in [3.63, 3.8) is 0 Å². The number of ether oxygens (including phenoxy) is 3. The summed E-state index contributed by atoms with van der Waals surface area (Å²) in [6, 6.07) is 5.01. The first kappa shape index (κ1) is 21.1. The number of nitrogens with zero attached hydrogens (tertiary/aromatic N) is 4. The maximum absolute atomic E-state index is 13.6. The van der Waals surface area contributed by atoms with E-state index in [2.05, 4.69) is 30.2 Å². The second-order valence-electron chi connectivity index (χ2n) is 7.67. The van der Waals surface area contributed by atoms with Crippen LogP contribution in [0.1, 0.15) is 24.5 Å². The molecule has 0 aromatic carbocycles. The zero-order valence-corrected chi connectivity index (χ0v) is 18.3. The summed E-state index contributed by atoms with van der Waals surface area (Å²) in [6.45, 7) is 1.49. The molecular formula is C23H23FN6O3. The molecule has 0 bridgehead atoms. The van der Waals surface area contributed by atoms with E-state index in [1.807, 2.05) is 6.07 Å². The third-order valence-electron chi connectivity index (χ3n) is 5.72. The molecule has 5 heterocycles. The summed E-state index contributed by atoms with van der Waals surface area (Å²) in [7, 11) is 3.14. The predicted molar refractivity (Wildman–Crippen MR) is 120 cm³/mol. The Kier molecular flexibility index (Phi) is 5.74. The van der Waals surface area contributed by atoms with Gasteiger partial charge in [0.25, 0.3) is 0 Å². The number of hydrogen-bond acceptors (Lipinski definition) is 8. The van der Waals surface area contributed by atoms with Crippen LogP contribution in [-0.2, 0) is 4.74 Å². The highest BCUT2D eigenvalue weighted by molar-refractivity contribution is 5.97. The Bertz CT molecular complexity index is 1290. The average Bonchev–Trinajstić information content (AvgIpc) is 3.28. The van der Waals surface area contributed by atoms with E-state index in [0.717, 1.165) is 37.3 Å². The number of rotatable bonds is 6. The van der Waals surface area contributed by atoms with Crippen LogP contribution in [0, 0.1) is 5.95 Å². The van der Waals surface area contributed by atoms with Gasteiger partial charge in [-0.3, -0.25) is 4.98 Å². The maximum atomic E-state index is 13.6. The van der Waals surface area contributed by atoms with Crippen LogP contribution in [0.4, 0.5) is 16.0 Å². The summed E-state index contributed by atoms with van der Waals surface area (Å²) in [5, 5.41) is 3.82. The lowest BCUT2D eigenvalue weighted by Crippen LogP contribution is -2.15. The van der Waals surface area contributed by atoms with E-state index in [-0.39, 0.29) is 0 Å². The molecule has 0 atom stereocenters. The van der Waals surface area contributed by atoms with Crippen LogP contribution < -0.4 is 14.8 Å². The summed E-state index contributed by atoms with van der Waals surface area (Å²) in [5.41, 5.74) is 3.52. The third-order valence-corrected chi connectivity index (χ3v) is 5.72. The SMILES string of the molecule is COc1cc(C2CCOCC2)ncc1Nc1nc(OC)c2c(-c3ccnc(F)c3)c[nH]c2n1. The van der Waals surface area contributed by atoms with Crippen LogP contribution in [0.15, 0.2) is 36.8 Å². The molecule has 10 heteroatoms. The Morgan fingerprint density at radius 1 is 1.12 bits per heavy atom. The number of aromatic amines is 1. The molecule has 1 fully saturated rings. The Hall–Kier alpha value is -3.79. The number of nitrogens with one attached hydrogen (secondary N) is 2. The Morgan fingerprint density at radius 2 is 1.97 bits per heavy atom. The van der Waals surface area contributed by atoms with E-state index < -0.39 is 5.95 Å². The molecule has 0 spiro atoms. The molecule has 1 saturated heterocycles. The molecule has 0 radical (unpaired) electrons. The van der Waals surface area contributed by atoms with Gasteiger partial charge in [0.2, 0.25) is 17.8 Å². The summed E-state index contributed by atoms with van der Waals surface area (Å²) >= 11 is 0. The Morgan fingerprint density at radius 3 is 2.73 bits per heavy atom. The van der Waals surface area contributed by atoms with Gasteiger partial charge in [-0.15, -0.1) is 0 Å². The average molecular weight is 450 g/mol. The van der Waals surface area contributed by atoms with Crippen molar-refractivity contribution >= 4 is 22.7 Å². The minimum Gasteiger partial charge on any atom is -0.494 e. The predicted octanol–water partition coefficient (Wildman–Crippen LogP) is 4.21.